The molecule has 25 heavy (non-hydrogen) atoms. The van der Waals surface area contributed by atoms with Gasteiger partial charge >= 0.3 is 0 Å². The smallest absolute Gasteiger partial charge is 0.231 e. The van der Waals surface area contributed by atoms with Crippen LogP contribution in [0.1, 0.15) is 12.5 Å². The largest absolute Gasteiger partial charge is 0.454 e. The molecule has 2 aromatic carbocycles. The van der Waals surface area contributed by atoms with Gasteiger partial charge in [0.25, 0.3) is 0 Å². The van der Waals surface area contributed by atoms with Gasteiger partial charge in [-0.3, -0.25) is 14.8 Å². The number of carbonyl (C=O) groups is 1. The molecular formula is C19H19N3O3. The fourth-order valence-corrected chi connectivity index (χ4v) is 3.33. The molecule has 2 aromatic rings. The van der Waals surface area contributed by atoms with Crippen molar-refractivity contribution < 1.29 is 14.3 Å². The third kappa shape index (κ3) is 2.42. The Balaban J connectivity index is 1.95. The van der Waals surface area contributed by atoms with Gasteiger partial charge in [-0.25, -0.2) is 0 Å². The number of rotatable bonds is 2. The lowest BCUT2D eigenvalue weighted by Crippen LogP contribution is -2.53. The molecule has 2 N–H and O–H groups in total. The number of benzene rings is 2. The quantitative estimate of drug-likeness (QED) is 0.908. The number of hydrazine groups is 1. The molecule has 1 unspecified atom stereocenters. The second-order valence-corrected chi connectivity index (χ2v) is 6.04. The van der Waals surface area contributed by atoms with Crippen molar-refractivity contribution in [1.82, 2.24) is 0 Å². The SMILES string of the molecule is CC(=O)C1=Cc2ccc3c(c2N(C)N(c2ccccc2)C1N)OCO3. The van der Waals surface area contributed by atoms with E-state index >= 15 is 0 Å². The first-order chi connectivity index (χ1) is 12.1. The maximum absolute atomic E-state index is 12.2. The number of anilines is 2. The molecule has 6 heteroatoms. The van der Waals surface area contributed by atoms with Crippen LogP contribution in [0.3, 0.4) is 0 Å². The van der Waals surface area contributed by atoms with Crippen LogP contribution in [-0.4, -0.2) is 25.8 Å². The van der Waals surface area contributed by atoms with Crippen molar-refractivity contribution in [3.63, 3.8) is 0 Å². The highest BCUT2D eigenvalue weighted by Gasteiger charge is 2.33. The van der Waals surface area contributed by atoms with Crippen molar-refractivity contribution in [3.8, 4) is 11.5 Å². The Labute approximate surface area is 146 Å². The van der Waals surface area contributed by atoms with Crippen LogP contribution in [0.4, 0.5) is 11.4 Å². The molecule has 0 amide bonds. The summed E-state index contributed by atoms with van der Waals surface area (Å²) >= 11 is 0. The molecule has 128 valence electrons. The molecular weight excluding hydrogens is 318 g/mol. The number of carbonyl (C=O) groups excluding carboxylic acids is 1. The number of Topliss-reactive ketones (excluding diaryl/α,β-unsaturated/α-hetero) is 1. The van der Waals surface area contributed by atoms with Crippen LogP contribution in [0.2, 0.25) is 0 Å². The molecule has 0 bridgehead atoms. The summed E-state index contributed by atoms with van der Waals surface area (Å²) in [7, 11) is 1.91. The molecule has 0 saturated heterocycles. The summed E-state index contributed by atoms with van der Waals surface area (Å²) in [5, 5.41) is 3.82. The van der Waals surface area contributed by atoms with Gasteiger partial charge in [0.1, 0.15) is 11.9 Å². The van der Waals surface area contributed by atoms with Crippen LogP contribution in [0.25, 0.3) is 6.08 Å². The summed E-state index contributed by atoms with van der Waals surface area (Å²) in [6.45, 7) is 1.72. The molecule has 0 spiro atoms. The van der Waals surface area contributed by atoms with Crippen molar-refractivity contribution in [2.75, 3.05) is 23.9 Å². The number of ketones is 1. The first kappa shape index (κ1) is 15.5. The minimum Gasteiger partial charge on any atom is -0.454 e. The first-order valence-corrected chi connectivity index (χ1v) is 8.06. The van der Waals surface area contributed by atoms with E-state index < -0.39 is 6.17 Å². The molecule has 0 aliphatic carbocycles. The van der Waals surface area contributed by atoms with E-state index in [1.807, 2.05) is 65.6 Å². The van der Waals surface area contributed by atoms with Crippen LogP contribution in [0, 0.1) is 0 Å². The second-order valence-electron chi connectivity index (χ2n) is 6.04. The Hall–Kier alpha value is -2.99. The average Bonchev–Trinajstić information content (AvgIpc) is 3.04. The van der Waals surface area contributed by atoms with E-state index in [0.29, 0.717) is 17.1 Å². The summed E-state index contributed by atoms with van der Waals surface area (Å²) in [5.74, 6) is 1.29. The molecule has 0 saturated carbocycles. The lowest BCUT2D eigenvalue weighted by atomic mass is 10.0. The van der Waals surface area contributed by atoms with Crippen molar-refractivity contribution in [2.45, 2.75) is 13.1 Å². The van der Waals surface area contributed by atoms with E-state index in [2.05, 4.69) is 0 Å². The van der Waals surface area contributed by atoms with Crippen molar-refractivity contribution in [3.05, 3.63) is 53.6 Å². The van der Waals surface area contributed by atoms with E-state index in [1.165, 1.54) is 6.92 Å². The molecule has 6 nitrogen and oxygen atoms in total. The number of hydrogen-bond acceptors (Lipinski definition) is 6. The zero-order valence-electron chi connectivity index (χ0n) is 14.1. The lowest BCUT2D eigenvalue weighted by molar-refractivity contribution is -0.113. The van der Waals surface area contributed by atoms with Gasteiger partial charge in [0.05, 0.1) is 5.69 Å². The third-order valence-electron chi connectivity index (χ3n) is 4.51. The van der Waals surface area contributed by atoms with Crippen LogP contribution >= 0.6 is 0 Å². The predicted octanol–water partition coefficient (Wildman–Crippen LogP) is 2.54. The summed E-state index contributed by atoms with van der Waals surface area (Å²) in [5.41, 5.74) is 9.60. The fourth-order valence-electron chi connectivity index (χ4n) is 3.33. The van der Waals surface area contributed by atoms with Crippen LogP contribution < -0.4 is 25.2 Å². The summed E-state index contributed by atoms with van der Waals surface area (Å²) in [6, 6.07) is 13.5. The first-order valence-electron chi connectivity index (χ1n) is 8.06. The number of hydrogen-bond donors (Lipinski definition) is 1. The van der Waals surface area contributed by atoms with Gasteiger partial charge < -0.3 is 15.2 Å². The second kappa shape index (κ2) is 5.82. The van der Waals surface area contributed by atoms with Gasteiger partial charge in [-0.05, 0) is 37.3 Å². The van der Waals surface area contributed by atoms with Gasteiger partial charge in [0, 0.05) is 18.2 Å². The molecule has 0 fully saturated rings. The number of nitrogens with two attached hydrogens (primary N) is 1. The summed E-state index contributed by atoms with van der Waals surface area (Å²) < 4.78 is 11.2. The van der Waals surface area contributed by atoms with Gasteiger partial charge in [-0.15, -0.1) is 0 Å². The van der Waals surface area contributed by atoms with Gasteiger partial charge in [0.15, 0.2) is 17.3 Å². The van der Waals surface area contributed by atoms with E-state index in [-0.39, 0.29) is 12.6 Å². The van der Waals surface area contributed by atoms with Crippen LogP contribution in [0.15, 0.2) is 48.0 Å². The average molecular weight is 337 g/mol. The minimum absolute atomic E-state index is 0.0626. The van der Waals surface area contributed by atoms with Crippen LogP contribution in [0.5, 0.6) is 11.5 Å². The zero-order valence-corrected chi connectivity index (χ0v) is 14.1. The minimum atomic E-state index is -0.615. The number of nitrogens with zero attached hydrogens (tertiary/aromatic N) is 2. The topological polar surface area (TPSA) is 68.0 Å². The molecule has 0 radical (unpaired) electrons. The monoisotopic (exact) mass is 337 g/mol. The van der Waals surface area contributed by atoms with Gasteiger partial charge in [-0.1, -0.05) is 18.2 Å². The molecule has 2 aliphatic rings. The van der Waals surface area contributed by atoms with E-state index in [4.69, 9.17) is 15.2 Å². The van der Waals surface area contributed by atoms with Gasteiger partial charge in [-0.2, -0.15) is 0 Å². The maximum Gasteiger partial charge on any atom is 0.231 e. The number of para-hydroxylation sites is 1. The lowest BCUT2D eigenvalue weighted by Gasteiger charge is -2.39. The highest BCUT2D eigenvalue weighted by Crippen LogP contribution is 2.46. The number of ether oxygens (including phenoxy) is 2. The Bertz CT molecular complexity index is 864. The highest BCUT2D eigenvalue weighted by atomic mass is 16.7. The third-order valence-corrected chi connectivity index (χ3v) is 4.51. The van der Waals surface area contributed by atoms with Crippen molar-refractivity contribution in [1.29, 1.82) is 0 Å². The molecule has 2 heterocycles. The van der Waals surface area contributed by atoms with Gasteiger partial charge in [0.2, 0.25) is 6.79 Å². The van der Waals surface area contributed by atoms with Crippen molar-refractivity contribution in [2.24, 2.45) is 5.73 Å². The Kier molecular flexibility index (Phi) is 3.62. The highest BCUT2D eigenvalue weighted by molar-refractivity contribution is 6.01. The van der Waals surface area contributed by atoms with E-state index in [9.17, 15) is 4.79 Å². The Morgan fingerprint density at radius 3 is 2.64 bits per heavy atom. The van der Waals surface area contributed by atoms with E-state index in [0.717, 1.165) is 16.9 Å². The van der Waals surface area contributed by atoms with Crippen LogP contribution in [-0.2, 0) is 4.79 Å². The summed E-state index contributed by atoms with van der Waals surface area (Å²) in [6.07, 6.45) is 1.22. The fraction of sp³-hybridized carbons (Fsp3) is 0.211. The molecule has 0 aromatic heterocycles. The Morgan fingerprint density at radius 2 is 1.92 bits per heavy atom. The molecule has 2 aliphatic heterocycles. The molecule has 1 atom stereocenters. The normalized spacial score (nSPS) is 18.5. The van der Waals surface area contributed by atoms with Crippen molar-refractivity contribution >= 4 is 23.2 Å². The number of fused-ring (bicyclic) bond motifs is 3. The Morgan fingerprint density at radius 1 is 1.16 bits per heavy atom. The zero-order chi connectivity index (χ0) is 17.6. The summed E-state index contributed by atoms with van der Waals surface area (Å²) in [4.78, 5) is 12.2. The maximum atomic E-state index is 12.2. The van der Waals surface area contributed by atoms with E-state index in [1.54, 1.807) is 0 Å². The predicted molar refractivity (Wildman–Crippen MR) is 96.5 cm³/mol. The standard InChI is InChI=1S/C19H19N3O3/c1-12(23)15-10-13-8-9-16-18(25-11-24-16)17(13)21(2)22(19(15)20)14-6-4-3-5-7-14/h3-10,19H,11,20H2,1-2H3. The molecule has 4 rings (SSSR count).